The highest BCUT2D eigenvalue weighted by Crippen LogP contribution is 2.24. The van der Waals surface area contributed by atoms with E-state index in [1.807, 2.05) is 26.0 Å². The summed E-state index contributed by atoms with van der Waals surface area (Å²) in [7, 11) is -3.75. The Balaban J connectivity index is 2.25. The molecular formula is C15H17NO3S. The van der Waals surface area contributed by atoms with Gasteiger partial charge in [0, 0.05) is 11.4 Å². The molecule has 106 valence electrons. The quantitative estimate of drug-likeness (QED) is 0.812. The monoisotopic (exact) mass is 291 g/mol. The van der Waals surface area contributed by atoms with Crippen LogP contribution in [0, 0.1) is 13.8 Å². The maximum absolute atomic E-state index is 12.1. The number of benzene rings is 1. The van der Waals surface area contributed by atoms with Gasteiger partial charge in [-0.2, -0.15) is 8.42 Å². The lowest BCUT2D eigenvalue weighted by Crippen LogP contribution is -2.10. The average Bonchev–Trinajstić information content (AvgIpc) is 2.38. The summed E-state index contributed by atoms with van der Waals surface area (Å²) in [4.78, 5) is 4.43. The van der Waals surface area contributed by atoms with Crippen molar-refractivity contribution in [2.75, 3.05) is 0 Å². The number of aromatic nitrogens is 1. The average molecular weight is 291 g/mol. The third kappa shape index (κ3) is 3.43. The van der Waals surface area contributed by atoms with Crippen LogP contribution < -0.4 is 0 Å². The molecule has 1 heterocycles. The van der Waals surface area contributed by atoms with Crippen LogP contribution >= 0.6 is 0 Å². The number of hydrogen-bond acceptors (Lipinski definition) is 4. The van der Waals surface area contributed by atoms with Crippen LogP contribution in [-0.2, 0) is 14.3 Å². The summed E-state index contributed by atoms with van der Waals surface area (Å²) < 4.78 is 29.6. The molecule has 4 nitrogen and oxygen atoms in total. The van der Waals surface area contributed by atoms with Crippen LogP contribution in [0.3, 0.4) is 0 Å². The topological polar surface area (TPSA) is 56.3 Å². The molecule has 1 aromatic carbocycles. The molecule has 2 rings (SSSR count). The Bertz CT molecular complexity index is 676. The summed E-state index contributed by atoms with van der Waals surface area (Å²) in [6, 6.07) is 11.8. The fourth-order valence-electron chi connectivity index (χ4n) is 1.99. The zero-order valence-corrected chi connectivity index (χ0v) is 12.5. The lowest BCUT2D eigenvalue weighted by molar-refractivity contribution is 0.233. The van der Waals surface area contributed by atoms with Crippen LogP contribution in [0.4, 0.5) is 0 Å². The van der Waals surface area contributed by atoms with E-state index in [4.69, 9.17) is 4.18 Å². The summed E-state index contributed by atoms with van der Waals surface area (Å²) in [6.07, 6.45) is -0.555. The summed E-state index contributed by atoms with van der Waals surface area (Å²) >= 11 is 0. The van der Waals surface area contributed by atoms with Gasteiger partial charge in [0.15, 0.2) is 0 Å². The maximum Gasteiger partial charge on any atom is 0.297 e. The first-order valence-corrected chi connectivity index (χ1v) is 7.73. The maximum atomic E-state index is 12.1. The molecule has 0 saturated carbocycles. The number of aryl methyl sites for hydroxylation is 2. The van der Waals surface area contributed by atoms with Gasteiger partial charge in [0.1, 0.15) is 0 Å². The molecule has 0 fully saturated rings. The van der Waals surface area contributed by atoms with Gasteiger partial charge >= 0.3 is 0 Å². The van der Waals surface area contributed by atoms with E-state index in [2.05, 4.69) is 4.98 Å². The van der Waals surface area contributed by atoms with E-state index in [9.17, 15) is 8.42 Å². The van der Waals surface area contributed by atoms with Crippen molar-refractivity contribution in [2.45, 2.75) is 31.8 Å². The van der Waals surface area contributed by atoms with Gasteiger partial charge in [0.2, 0.25) is 0 Å². The molecule has 1 unspecified atom stereocenters. The standard InChI is InChI=1S/C15H17NO3S/c1-11-9-14(10-12(2)16-11)13(3)19-20(17,18)15-7-5-4-6-8-15/h4-10,13H,1-3H3. The minimum Gasteiger partial charge on any atom is -0.258 e. The van der Waals surface area contributed by atoms with Crippen molar-refractivity contribution in [3.05, 3.63) is 59.4 Å². The third-order valence-corrected chi connectivity index (χ3v) is 4.27. The summed E-state index contributed by atoms with van der Waals surface area (Å²) in [5.74, 6) is 0. The Morgan fingerprint density at radius 2 is 1.60 bits per heavy atom. The molecule has 0 saturated heterocycles. The second kappa shape index (κ2) is 5.73. The lowest BCUT2D eigenvalue weighted by Gasteiger charge is -2.14. The van der Waals surface area contributed by atoms with Crippen molar-refractivity contribution in [1.82, 2.24) is 4.98 Å². The van der Waals surface area contributed by atoms with E-state index in [0.29, 0.717) is 0 Å². The number of rotatable bonds is 4. The predicted molar refractivity (Wildman–Crippen MR) is 76.8 cm³/mol. The molecule has 0 spiro atoms. The van der Waals surface area contributed by atoms with Gasteiger partial charge in [-0.1, -0.05) is 18.2 Å². The molecule has 5 heteroatoms. The lowest BCUT2D eigenvalue weighted by atomic mass is 10.1. The minimum atomic E-state index is -3.75. The largest absolute Gasteiger partial charge is 0.297 e. The van der Waals surface area contributed by atoms with Gasteiger partial charge in [0.25, 0.3) is 10.1 Å². The summed E-state index contributed by atoms with van der Waals surface area (Å²) in [6.45, 7) is 5.46. The van der Waals surface area contributed by atoms with Crippen molar-refractivity contribution in [3.8, 4) is 0 Å². The van der Waals surface area contributed by atoms with Crippen LogP contribution in [0.1, 0.15) is 30.0 Å². The number of pyridine rings is 1. The highest BCUT2D eigenvalue weighted by atomic mass is 32.2. The van der Waals surface area contributed by atoms with Crippen LogP contribution in [0.15, 0.2) is 47.4 Å². The zero-order valence-electron chi connectivity index (χ0n) is 11.7. The first-order valence-electron chi connectivity index (χ1n) is 6.32. The van der Waals surface area contributed by atoms with Gasteiger partial charge < -0.3 is 0 Å². The smallest absolute Gasteiger partial charge is 0.258 e. The first-order chi connectivity index (χ1) is 9.38. The van der Waals surface area contributed by atoms with Gasteiger partial charge in [0.05, 0.1) is 11.0 Å². The first kappa shape index (κ1) is 14.7. The van der Waals surface area contributed by atoms with Gasteiger partial charge in [-0.25, -0.2) is 0 Å². The number of nitrogens with zero attached hydrogens (tertiary/aromatic N) is 1. The van der Waals surface area contributed by atoms with E-state index in [1.54, 1.807) is 25.1 Å². The summed E-state index contributed by atoms with van der Waals surface area (Å²) in [5, 5.41) is 0. The molecule has 20 heavy (non-hydrogen) atoms. The Morgan fingerprint density at radius 1 is 1.05 bits per heavy atom. The van der Waals surface area contributed by atoms with Crippen LogP contribution in [-0.4, -0.2) is 13.4 Å². The van der Waals surface area contributed by atoms with Crippen LogP contribution in [0.2, 0.25) is 0 Å². The SMILES string of the molecule is Cc1cc(C(C)OS(=O)(=O)c2ccccc2)cc(C)n1. The fourth-order valence-corrected chi connectivity index (χ4v) is 3.08. The second-order valence-corrected chi connectivity index (χ2v) is 6.26. The molecule has 1 atom stereocenters. The normalized spacial score (nSPS) is 13.2. The number of hydrogen-bond donors (Lipinski definition) is 0. The van der Waals surface area contributed by atoms with E-state index in [0.717, 1.165) is 17.0 Å². The highest BCUT2D eigenvalue weighted by molar-refractivity contribution is 7.86. The van der Waals surface area contributed by atoms with Crippen molar-refractivity contribution in [2.24, 2.45) is 0 Å². The van der Waals surface area contributed by atoms with Gasteiger partial charge in [-0.15, -0.1) is 0 Å². The minimum absolute atomic E-state index is 0.161. The molecule has 2 aromatic rings. The van der Waals surface area contributed by atoms with E-state index < -0.39 is 16.2 Å². The Kier molecular flexibility index (Phi) is 4.20. The van der Waals surface area contributed by atoms with E-state index in [1.165, 1.54) is 12.1 Å². The Hall–Kier alpha value is -1.72. The third-order valence-electron chi connectivity index (χ3n) is 2.88. The van der Waals surface area contributed by atoms with Crippen molar-refractivity contribution in [3.63, 3.8) is 0 Å². The molecule has 0 radical (unpaired) electrons. The molecule has 0 bridgehead atoms. The molecule has 1 aromatic heterocycles. The fraction of sp³-hybridized carbons (Fsp3) is 0.267. The van der Waals surface area contributed by atoms with E-state index >= 15 is 0 Å². The van der Waals surface area contributed by atoms with Crippen LogP contribution in [0.5, 0.6) is 0 Å². The van der Waals surface area contributed by atoms with Crippen molar-refractivity contribution in [1.29, 1.82) is 0 Å². The molecule has 0 aliphatic heterocycles. The molecule has 0 aliphatic carbocycles. The molecule has 0 N–H and O–H groups in total. The summed E-state index contributed by atoms with van der Waals surface area (Å²) in [5.41, 5.74) is 2.48. The van der Waals surface area contributed by atoms with Crippen LogP contribution in [0.25, 0.3) is 0 Å². The zero-order chi connectivity index (χ0) is 14.8. The van der Waals surface area contributed by atoms with Crippen molar-refractivity contribution < 1.29 is 12.6 Å². The second-order valence-electron chi connectivity index (χ2n) is 4.69. The Labute approximate surface area is 119 Å². The van der Waals surface area contributed by atoms with Gasteiger partial charge in [-0.3, -0.25) is 9.17 Å². The molecule has 0 aliphatic rings. The highest BCUT2D eigenvalue weighted by Gasteiger charge is 2.20. The Morgan fingerprint density at radius 3 is 2.15 bits per heavy atom. The van der Waals surface area contributed by atoms with Gasteiger partial charge in [-0.05, 0) is 50.6 Å². The van der Waals surface area contributed by atoms with Crippen molar-refractivity contribution >= 4 is 10.1 Å². The van der Waals surface area contributed by atoms with E-state index in [-0.39, 0.29) is 4.90 Å². The molecule has 0 amide bonds. The molecular weight excluding hydrogens is 274 g/mol. The predicted octanol–water partition coefficient (Wildman–Crippen LogP) is 3.16.